The summed E-state index contributed by atoms with van der Waals surface area (Å²) < 4.78 is 10.1. The van der Waals surface area contributed by atoms with Crippen LogP contribution in [-0.2, 0) is 14.3 Å². The molecule has 0 unspecified atom stereocenters. The summed E-state index contributed by atoms with van der Waals surface area (Å²) in [6, 6.07) is 5.08. The fourth-order valence-corrected chi connectivity index (χ4v) is 2.56. The summed E-state index contributed by atoms with van der Waals surface area (Å²) in [5.74, 6) is -0.460. The third-order valence-corrected chi connectivity index (χ3v) is 3.76. The van der Waals surface area contributed by atoms with Gasteiger partial charge in [0.15, 0.2) is 0 Å². The molecule has 2 rings (SSSR count). The van der Waals surface area contributed by atoms with E-state index < -0.39 is 12.0 Å². The van der Waals surface area contributed by atoms with Crippen LogP contribution < -0.4 is 10.6 Å². The van der Waals surface area contributed by atoms with Crippen molar-refractivity contribution in [3.8, 4) is 0 Å². The van der Waals surface area contributed by atoms with Crippen LogP contribution in [-0.4, -0.2) is 32.3 Å². The number of aryl methyl sites for hydroxylation is 2. The van der Waals surface area contributed by atoms with Crippen molar-refractivity contribution in [1.29, 1.82) is 0 Å². The van der Waals surface area contributed by atoms with Crippen molar-refractivity contribution >= 4 is 12.0 Å². The van der Waals surface area contributed by atoms with Gasteiger partial charge in [-0.2, -0.15) is 0 Å². The molecule has 6 heteroatoms. The zero-order valence-electron chi connectivity index (χ0n) is 13.9. The van der Waals surface area contributed by atoms with Gasteiger partial charge in [0, 0.05) is 12.8 Å². The number of carbonyl (C=O) groups is 2. The number of rotatable bonds is 5. The van der Waals surface area contributed by atoms with E-state index in [0.29, 0.717) is 17.9 Å². The number of amides is 2. The second-order valence-electron chi connectivity index (χ2n) is 5.56. The molecule has 0 bridgehead atoms. The smallest absolute Gasteiger partial charge is 0.338 e. The molecule has 0 saturated heterocycles. The summed E-state index contributed by atoms with van der Waals surface area (Å²) >= 11 is 0. The lowest BCUT2D eigenvalue weighted by atomic mass is 9.91. The maximum absolute atomic E-state index is 12.4. The quantitative estimate of drug-likeness (QED) is 0.644. The average molecular weight is 318 g/mol. The first-order valence-electron chi connectivity index (χ1n) is 7.45. The van der Waals surface area contributed by atoms with E-state index in [-0.39, 0.29) is 12.6 Å². The highest BCUT2D eigenvalue weighted by Gasteiger charge is 2.32. The van der Waals surface area contributed by atoms with Gasteiger partial charge in [0.2, 0.25) is 0 Å². The summed E-state index contributed by atoms with van der Waals surface area (Å²) in [6.07, 6.45) is 0. The third-order valence-electron chi connectivity index (χ3n) is 3.76. The first kappa shape index (κ1) is 17.0. The number of ether oxygens (including phenoxy) is 2. The van der Waals surface area contributed by atoms with E-state index in [2.05, 4.69) is 10.6 Å². The van der Waals surface area contributed by atoms with Gasteiger partial charge in [0.1, 0.15) is 6.61 Å². The number of carbonyl (C=O) groups excluding carboxylic acids is 2. The lowest BCUT2D eigenvalue weighted by molar-refractivity contribution is -0.140. The molecule has 0 aromatic heterocycles. The van der Waals surface area contributed by atoms with E-state index in [1.807, 2.05) is 32.0 Å². The Morgan fingerprint density at radius 1 is 1.22 bits per heavy atom. The van der Waals surface area contributed by atoms with Gasteiger partial charge < -0.3 is 20.1 Å². The first-order chi connectivity index (χ1) is 10.9. The number of hydrogen-bond acceptors (Lipinski definition) is 4. The van der Waals surface area contributed by atoms with Gasteiger partial charge >= 0.3 is 12.0 Å². The van der Waals surface area contributed by atoms with Crippen LogP contribution in [0.15, 0.2) is 29.5 Å². The molecule has 1 aliphatic rings. The van der Waals surface area contributed by atoms with Crippen LogP contribution in [0.1, 0.15) is 29.7 Å². The highest BCUT2D eigenvalue weighted by molar-refractivity contribution is 5.95. The average Bonchev–Trinajstić information content (AvgIpc) is 2.49. The normalized spacial score (nSPS) is 17.6. The summed E-state index contributed by atoms with van der Waals surface area (Å²) in [5, 5.41) is 5.44. The third kappa shape index (κ3) is 3.90. The molecule has 0 aliphatic carbocycles. The van der Waals surface area contributed by atoms with E-state index in [0.717, 1.165) is 16.7 Å². The number of methoxy groups -OCH3 is 1. The molecule has 1 heterocycles. The van der Waals surface area contributed by atoms with Crippen molar-refractivity contribution in [2.45, 2.75) is 26.8 Å². The Morgan fingerprint density at radius 3 is 2.65 bits per heavy atom. The Kier molecular flexibility index (Phi) is 5.39. The van der Waals surface area contributed by atoms with Gasteiger partial charge in [0.05, 0.1) is 18.2 Å². The Bertz CT molecular complexity index is 652. The second kappa shape index (κ2) is 7.28. The summed E-state index contributed by atoms with van der Waals surface area (Å²) in [5.41, 5.74) is 3.86. The molecule has 23 heavy (non-hydrogen) atoms. The molecule has 2 N–H and O–H groups in total. The van der Waals surface area contributed by atoms with Gasteiger partial charge in [-0.05, 0) is 31.9 Å². The lowest BCUT2D eigenvalue weighted by Gasteiger charge is -2.29. The molecule has 0 spiro atoms. The van der Waals surface area contributed by atoms with Gasteiger partial charge in [-0.15, -0.1) is 0 Å². The summed E-state index contributed by atoms with van der Waals surface area (Å²) in [6.45, 7) is 6.11. The predicted molar refractivity (Wildman–Crippen MR) is 85.9 cm³/mol. The van der Waals surface area contributed by atoms with Crippen molar-refractivity contribution in [1.82, 2.24) is 10.6 Å². The SMILES string of the molecule is COCCOC(=O)C1=C(C)NC(=O)N[C@H]1c1cc(C)ccc1C. The van der Waals surface area contributed by atoms with Crippen LogP contribution in [0.4, 0.5) is 4.79 Å². The lowest BCUT2D eigenvalue weighted by Crippen LogP contribution is -2.45. The molecule has 1 aromatic rings. The van der Waals surface area contributed by atoms with Crippen molar-refractivity contribution in [3.63, 3.8) is 0 Å². The number of allylic oxidation sites excluding steroid dienone is 1. The van der Waals surface area contributed by atoms with Gasteiger partial charge in [-0.1, -0.05) is 23.8 Å². The summed E-state index contributed by atoms with van der Waals surface area (Å²) in [7, 11) is 1.54. The van der Waals surface area contributed by atoms with Crippen LogP contribution >= 0.6 is 0 Å². The van der Waals surface area contributed by atoms with Crippen molar-refractivity contribution in [3.05, 3.63) is 46.2 Å². The fraction of sp³-hybridized carbons (Fsp3) is 0.412. The molecular formula is C17H22N2O4. The fourth-order valence-electron chi connectivity index (χ4n) is 2.56. The van der Waals surface area contributed by atoms with Gasteiger partial charge in [-0.3, -0.25) is 0 Å². The van der Waals surface area contributed by atoms with Crippen molar-refractivity contribution in [2.24, 2.45) is 0 Å². The monoisotopic (exact) mass is 318 g/mol. The number of benzene rings is 1. The van der Waals surface area contributed by atoms with Gasteiger partial charge in [-0.25, -0.2) is 9.59 Å². The van der Waals surface area contributed by atoms with Crippen LogP contribution in [0.5, 0.6) is 0 Å². The Balaban J connectivity index is 2.38. The van der Waals surface area contributed by atoms with Crippen LogP contribution in [0.2, 0.25) is 0 Å². The highest BCUT2D eigenvalue weighted by atomic mass is 16.6. The highest BCUT2D eigenvalue weighted by Crippen LogP contribution is 2.30. The number of esters is 1. The maximum Gasteiger partial charge on any atom is 0.338 e. The zero-order valence-corrected chi connectivity index (χ0v) is 13.9. The molecule has 1 aromatic carbocycles. The van der Waals surface area contributed by atoms with Crippen LogP contribution in [0.3, 0.4) is 0 Å². The van der Waals surface area contributed by atoms with E-state index in [9.17, 15) is 9.59 Å². The Hall–Kier alpha value is -2.34. The molecule has 6 nitrogen and oxygen atoms in total. The molecule has 0 fully saturated rings. The maximum atomic E-state index is 12.4. The first-order valence-corrected chi connectivity index (χ1v) is 7.45. The van der Waals surface area contributed by atoms with E-state index in [1.54, 1.807) is 14.0 Å². The second-order valence-corrected chi connectivity index (χ2v) is 5.56. The van der Waals surface area contributed by atoms with E-state index in [4.69, 9.17) is 9.47 Å². The minimum atomic E-state index is -0.529. The minimum absolute atomic E-state index is 0.166. The zero-order chi connectivity index (χ0) is 17.0. The van der Waals surface area contributed by atoms with Crippen molar-refractivity contribution in [2.75, 3.05) is 20.3 Å². The molecule has 1 atom stereocenters. The van der Waals surface area contributed by atoms with Crippen LogP contribution in [0.25, 0.3) is 0 Å². The largest absolute Gasteiger partial charge is 0.460 e. The standard InChI is InChI=1S/C17H22N2O4/c1-10-5-6-11(2)13(9-10)15-14(12(3)18-17(21)19-15)16(20)23-8-7-22-4/h5-6,9,15H,7-8H2,1-4H3,(H2,18,19,21)/t15-/m0/s1. The predicted octanol–water partition coefficient (Wildman–Crippen LogP) is 2.12. The van der Waals surface area contributed by atoms with Crippen molar-refractivity contribution < 1.29 is 19.1 Å². The summed E-state index contributed by atoms with van der Waals surface area (Å²) in [4.78, 5) is 24.3. The molecule has 0 radical (unpaired) electrons. The number of hydrogen-bond donors (Lipinski definition) is 2. The molecule has 124 valence electrons. The molecule has 2 amide bonds. The molecular weight excluding hydrogens is 296 g/mol. The van der Waals surface area contributed by atoms with Gasteiger partial charge in [0.25, 0.3) is 0 Å². The topological polar surface area (TPSA) is 76.7 Å². The van der Waals surface area contributed by atoms with Crippen LogP contribution in [0, 0.1) is 13.8 Å². The number of nitrogens with one attached hydrogen (secondary N) is 2. The molecule has 0 saturated carbocycles. The van der Waals surface area contributed by atoms with E-state index >= 15 is 0 Å². The minimum Gasteiger partial charge on any atom is -0.460 e. The number of urea groups is 1. The Morgan fingerprint density at radius 2 is 1.96 bits per heavy atom. The molecule has 1 aliphatic heterocycles. The van der Waals surface area contributed by atoms with E-state index in [1.165, 1.54) is 0 Å². The Labute approximate surface area is 135 Å².